The van der Waals surface area contributed by atoms with Crippen LogP contribution in [0.4, 0.5) is 17.1 Å². The molecule has 7 nitrogen and oxygen atoms in total. The Morgan fingerprint density at radius 3 is 2.05 bits per heavy atom. The molecule has 2 rings (SSSR count). The molecule has 0 fully saturated rings. The zero-order valence-corrected chi connectivity index (χ0v) is 10.5. The topological polar surface area (TPSA) is 102 Å². The van der Waals surface area contributed by atoms with Crippen molar-refractivity contribution in [2.45, 2.75) is 0 Å². The van der Waals surface area contributed by atoms with E-state index in [1.807, 2.05) is 0 Å². The Hall–Kier alpha value is -3.40. The number of aliphatic imine (C=N–C) groups is 2. The summed E-state index contributed by atoms with van der Waals surface area (Å²) in [4.78, 5) is 37.7. The minimum atomic E-state index is -0.559. The van der Waals surface area contributed by atoms with Gasteiger partial charge in [-0.25, -0.2) is 9.59 Å². The number of nitro groups is 1. The van der Waals surface area contributed by atoms with E-state index >= 15 is 0 Å². The van der Waals surface area contributed by atoms with E-state index in [4.69, 9.17) is 0 Å². The SMILES string of the molecule is O=C=Nc1ccc(-c2ccc(N=C=O)cc2[N+](=O)[O-])cc1. The van der Waals surface area contributed by atoms with Crippen LogP contribution in [-0.2, 0) is 9.59 Å². The summed E-state index contributed by atoms with van der Waals surface area (Å²) in [6, 6.07) is 10.4. The highest BCUT2D eigenvalue weighted by Crippen LogP contribution is 2.33. The smallest absolute Gasteiger partial charge is 0.258 e. The number of hydrogen-bond donors (Lipinski definition) is 0. The molecule has 0 unspecified atom stereocenters. The molecule has 0 aliphatic carbocycles. The average molecular weight is 281 g/mol. The molecule has 0 spiro atoms. The molecule has 0 bridgehead atoms. The molecule has 0 N–H and O–H groups in total. The van der Waals surface area contributed by atoms with Gasteiger partial charge in [0, 0.05) is 6.07 Å². The second kappa shape index (κ2) is 6.16. The Bertz CT molecular complexity index is 786. The lowest BCUT2D eigenvalue weighted by molar-refractivity contribution is -0.384. The van der Waals surface area contributed by atoms with Gasteiger partial charge in [-0.3, -0.25) is 10.1 Å². The predicted octanol–water partition coefficient (Wildman–Crippen LogP) is 3.20. The van der Waals surface area contributed by atoms with Crippen molar-refractivity contribution in [1.82, 2.24) is 0 Å². The highest BCUT2D eigenvalue weighted by Gasteiger charge is 2.16. The van der Waals surface area contributed by atoms with E-state index in [1.165, 1.54) is 30.4 Å². The third-order valence-corrected chi connectivity index (χ3v) is 2.71. The second-order valence-electron chi connectivity index (χ2n) is 3.91. The highest BCUT2D eigenvalue weighted by atomic mass is 16.6. The fourth-order valence-electron chi connectivity index (χ4n) is 1.81. The van der Waals surface area contributed by atoms with Crippen LogP contribution in [0.25, 0.3) is 11.1 Å². The van der Waals surface area contributed by atoms with Crippen molar-refractivity contribution in [2.24, 2.45) is 9.98 Å². The Morgan fingerprint density at radius 2 is 1.48 bits per heavy atom. The van der Waals surface area contributed by atoms with Crippen molar-refractivity contribution in [3.8, 4) is 11.1 Å². The van der Waals surface area contributed by atoms with Crippen LogP contribution in [0, 0.1) is 10.1 Å². The summed E-state index contributed by atoms with van der Waals surface area (Å²) in [5, 5.41) is 11.1. The van der Waals surface area contributed by atoms with Crippen LogP contribution >= 0.6 is 0 Å². The molecular formula is C14H7N3O4. The number of isocyanates is 2. The summed E-state index contributed by atoms with van der Waals surface area (Å²) in [6.07, 6.45) is 2.75. The zero-order valence-electron chi connectivity index (χ0n) is 10.5. The molecule has 0 amide bonds. The second-order valence-corrected chi connectivity index (χ2v) is 3.91. The summed E-state index contributed by atoms with van der Waals surface area (Å²) >= 11 is 0. The quantitative estimate of drug-likeness (QED) is 0.371. The molecule has 0 aromatic heterocycles. The van der Waals surface area contributed by atoms with Gasteiger partial charge in [0.1, 0.15) is 0 Å². The molecule has 2 aromatic rings. The van der Waals surface area contributed by atoms with Gasteiger partial charge in [-0.15, -0.1) is 0 Å². The normalized spacial score (nSPS) is 9.33. The zero-order chi connectivity index (χ0) is 15.2. The van der Waals surface area contributed by atoms with E-state index in [-0.39, 0.29) is 11.4 Å². The Kier molecular flexibility index (Phi) is 4.11. The molecule has 21 heavy (non-hydrogen) atoms. The average Bonchev–Trinajstić information content (AvgIpc) is 2.49. The lowest BCUT2D eigenvalue weighted by atomic mass is 10.0. The summed E-state index contributed by atoms with van der Waals surface area (Å²) < 4.78 is 0. The fourth-order valence-corrected chi connectivity index (χ4v) is 1.81. The Balaban J connectivity index is 2.54. The van der Waals surface area contributed by atoms with Crippen molar-refractivity contribution in [3.05, 3.63) is 52.6 Å². The molecular weight excluding hydrogens is 274 g/mol. The van der Waals surface area contributed by atoms with Crippen LogP contribution < -0.4 is 0 Å². The monoisotopic (exact) mass is 281 g/mol. The molecule has 0 saturated heterocycles. The summed E-state index contributed by atoms with van der Waals surface area (Å²) in [7, 11) is 0. The van der Waals surface area contributed by atoms with Crippen LogP contribution in [0.1, 0.15) is 0 Å². The number of rotatable bonds is 4. The largest absolute Gasteiger partial charge is 0.279 e. The van der Waals surface area contributed by atoms with E-state index in [0.29, 0.717) is 16.8 Å². The van der Waals surface area contributed by atoms with Gasteiger partial charge in [0.2, 0.25) is 12.2 Å². The van der Waals surface area contributed by atoms with Gasteiger partial charge >= 0.3 is 0 Å². The summed E-state index contributed by atoms with van der Waals surface area (Å²) in [5.74, 6) is 0. The van der Waals surface area contributed by atoms with Crippen molar-refractivity contribution in [1.29, 1.82) is 0 Å². The Labute approximate surface area is 118 Å². The Morgan fingerprint density at radius 1 is 0.905 bits per heavy atom. The van der Waals surface area contributed by atoms with E-state index in [0.717, 1.165) is 0 Å². The van der Waals surface area contributed by atoms with Crippen LogP contribution in [0.15, 0.2) is 52.4 Å². The standard InChI is InChI=1S/C14H7N3O4/c18-8-15-11-3-1-10(2-4-11)13-6-5-12(16-9-19)7-14(13)17(20)21/h1-7H. The molecule has 2 aromatic carbocycles. The van der Waals surface area contributed by atoms with Gasteiger partial charge in [-0.2, -0.15) is 9.98 Å². The number of nitrogens with zero attached hydrogens (tertiary/aromatic N) is 3. The first-order chi connectivity index (χ1) is 10.2. The summed E-state index contributed by atoms with van der Waals surface area (Å²) in [5.41, 5.74) is 1.32. The van der Waals surface area contributed by atoms with Crippen LogP contribution in [0.2, 0.25) is 0 Å². The molecule has 0 aliphatic rings. The molecule has 0 atom stereocenters. The van der Waals surface area contributed by atoms with Crippen molar-refractivity contribution < 1.29 is 14.5 Å². The first kappa shape index (κ1) is 14.0. The van der Waals surface area contributed by atoms with Gasteiger partial charge in [0.25, 0.3) is 5.69 Å². The fraction of sp³-hybridized carbons (Fsp3) is 0. The maximum atomic E-state index is 11.1. The van der Waals surface area contributed by atoms with Crippen molar-refractivity contribution in [3.63, 3.8) is 0 Å². The molecule has 102 valence electrons. The minimum Gasteiger partial charge on any atom is -0.258 e. The maximum absolute atomic E-state index is 11.1. The number of benzene rings is 2. The van der Waals surface area contributed by atoms with Gasteiger partial charge in [0.15, 0.2) is 0 Å². The molecule has 0 heterocycles. The number of carbonyl (C=O) groups excluding carboxylic acids is 2. The van der Waals surface area contributed by atoms with E-state index in [1.54, 1.807) is 24.3 Å². The molecule has 7 heteroatoms. The maximum Gasteiger partial charge on any atom is 0.279 e. The van der Waals surface area contributed by atoms with E-state index < -0.39 is 4.92 Å². The third kappa shape index (κ3) is 3.13. The van der Waals surface area contributed by atoms with E-state index in [2.05, 4.69) is 9.98 Å². The minimum absolute atomic E-state index is 0.155. The van der Waals surface area contributed by atoms with Gasteiger partial charge in [-0.1, -0.05) is 12.1 Å². The van der Waals surface area contributed by atoms with Gasteiger partial charge in [-0.05, 0) is 29.8 Å². The van der Waals surface area contributed by atoms with Crippen LogP contribution in [-0.4, -0.2) is 17.1 Å². The van der Waals surface area contributed by atoms with Crippen molar-refractivity contribution in [2.75, 3.05) is 0 Å². The number of nitro benzene ring substituents is 1. The molecule has 0 radical (unpaired) electrons. The van der Waals surface area contributed by atoms with Crippen molar-refractivity contribution >= 4 is 29.2 Å². The predicted molar refractivity (Wildman–Crippen MR) is 74.1 cm³/mol. The van der Waals surface area contributed by atoms with Gasteiger partial charge in [0.05, 0.1) is 21.9 Å². The van der Waals surface area contributed by atoms with Crippen LogP contribution in [0.3, 0.4) is 0 Å². The number of hydrogen-bond acceptors (Lipinski definition) is 6. The van der Waals surface area contributed by atoms with E-state index in [9.17, 15) is 19.7 Å². The lowest BCUT2D eigenvalue weighted by Gasteiger charge is -2.04. The summed E-state index contributed by atoms with van der Waals surface area (Å²) in [6.45, 7) is 0. The molecule has 0 saturated carbocycles. The van der Waals surface area contributed by atoms with Gasteiger partial charge < -0.3 is 0 Å². The first-order valence-electron chi connectivity index (χ1n) is 5.70. The molecule has 0 aliphatic heterocycles. The first-order valence-corrected chi connectivity index (χ1v) is 5.70. The lowest BCUT2D eigenvalue weighted by Crippen LogP contribution is -1.91. The third-order valence-electron chi connectivity index (χ3n) is 2.71. The highest BCUT2D eigenvalue weighted by molar-refractivity contribution is 5.77. The van der Waals surface area contributed by atoms with Crippen LogP contribution in [0.5, 0.6) is 0 Å².